The molecular weight excluding hydrogens is 344 g/mol. The first-order chi connectivity index (χ1) is 13.0. The Labute approximate surface area is 156 Å². The molecule has 1 heterocycles. The number of fused-ring (bicyclic) bond motifs is 1. The zero-order chi connectivity index (χ0) is 19.2. The van der Waals surface area contributed by atoms with E-state index in [9.17, 15) is 9.59 Å². The lowest BCUT2D eigenvalue weighted by atomic mass is 10.1. The van der Waals surface area contributed by atoms with Crippen molar-refractivity contribution in [1.29, 1.82) is 0 Å². The number of amides is 1. The fourth-order valence-corrected chi connectivity index (χ4v) is 2.52. The Balaban J connectivity index is 1.54. The minimum absolute atomic E-state index is 0.185. The molecule has 0 fully saturated rings. The number of rotatable bonds is 6. The molecule has 0 spiro atoms. The maximum Gasteiger partial charge on any atom is 0.331 e. The van der Waals surface area contributed by atoms with Crippen molar-refractivity contribution in [3.63, 3.8) is 0 Å². The van der Waals surface area contributed by atoms with Crippen LogP contribution in [0.2, 0.25) is 0 Å². The number of hydrogen-bond acceptors (Lipinski definition) is 5. The lowest BCUT2D eigenvalue weighted by molar-refractivity contribution is -0.150. The lowest BCUT2D eigenvalue weighted by Crippen LogP contribution is -2.37. The van der Waals surface area contributed by atoms with Crippen molar-refractivity contribution in [3.05, 3.63) is 72.1 Å². The third-order valence-corrected chi connectivity index (χ3v) is 3.99. The Kier molecular flexibility index (Phi) is 5.66. The van der Waals surface area contributed by atoms with E-state index in [0.29, 0.717) is 17.0 Å². The number of carbonyl (C=O) groups excluding carboxylic acids is 2. The van der Waals surface area contributed by atoms with Gasteiger partial charge in [0.1, 0.15) is 5.52 Å². The van der Waals surface area contributed by atoms with Crippen molar-refractivity contribution in [2.75, 3.05) is 0 Å². The molecule has 1 N–H and O–H groups in total. The second-order valence-electron chi connectivity index (χ2n) is 6.07. The van der Waals surface area contributed by atoms with Crippen molar-refractivity contribution < 1.29 is 18.7 Å². The minimum atomic E-state index is -0.919. The largest absolute Gasteiger partial charge is 0.449 e. The molecule has 0 aliphatic heterocycles. The standard InChI is InChI=1S/C21H20N2O4/c1-14(16-8-4-3-5-9-16)22-21(25)15(2)26-20(24)13-12-19-23-17-10-6-7-11-18(17)27-19/h3-15H,1-2H3,(H,22,25)/b13-12+. The van der Waals surface area contributed by atoms with E-state index in [-0.39, 0.29) is 11.9 Å². The Morgan fingerprint density at radius 2 is 1.78 bits per heavy atom. The van der Waals surface area contributed by atoms with Crippen LogP contribution in [-0.2, 0) is 14.3 Å². The van der Waals surface area contributed by atoms with Crippen LogP contribution in [0.3, 0.4) is 0 Å². The smallest absolute Gasteiger partial charge is 0.331 e. The summed E-state index contributed by atoms with van der Waals surface area (Å²) in [5.74, 6) is -0.717. The molecule has 1 aromatic heterocycles. The highest BCUT2D eigenvalue weighted by molar-refractivity contribution is 5.90. The zero-order valence-corrected chi connectivity index (χ0v) is 15.1. The first kappa shape index (κ1) is 18.4. The Morgan fingerprint density at radius 3 is 2.52 bits per heavy atom. The molecule has 138 valence electrons. The van der Waals surface area contributed by atoms with Gasteiger partial charge in [0.15, 0.2) is 11.7 Å². The summed E-state index contributed by atoms with van der Waals surface area (Å²) in [5, 5.41) is 2.82. The predicted octanol–water partition coefficient (Wildman–Crippen LogP) is 3.65. The highest BCUT2D eigenvalue weighted by atomic mass is 16.5. The van der Waals surface area contributed by atoms with Crippen molar-refractivity contribution in [3.8, 4) is 0 Å². The molecule has 0 saturated carbocycles. The van der Waals surface area contributed by atoms with Crippen LogP contribution < -0.4 is 5.32 Å². The number of esters is 1. The van der Waals surface area contributed by atoms with E-state index in [2.05, 4.69) is 10.3 Å². The first-order valence-electron chi connectivity index (χ1n) is 8.62. The van der Waals surface area contributed by atoms with Gasteiger partial charge >= 0.3 is 5.97 Å². The van der Waals surface area contributed by atoms with Crippen LogP contribution in [0, 0.1) is 0 Å². The van der Waals surface area contributed by atoms with Crippen LogP contribution in [0.25, 0.3) is 17.2 Å². The molecule has 2 atom stereocenters. The molecule has 0 aliphatic rings. The SMILES string of the molecule is CC(OC(=O)/C=C/c1nc2ccccc2o1)C(=O)NC(C)c1ccccc1. The summed E-state index contributed by atoms with van der Waals surface area (Å²) in [6.45, 7) is 3.40. The number of nitrogens with one attached hydrogen (secondary N) is 1. The Hall–Kier alpha value is -3.41. The van der Waals surface area contributed by atoms with Gasteiger partial charge < -0.3 is 14.5 Å². The number of oxazole rings is 1. The summed E-state index contributed by atoms with van der Waals surface area (Å²) >= 11 is 0. The number of ether oxygens (including phenoxy) is 1. The fourth-order valence-electron chi connectivity index (χ4n) is 2.52. The van der Waals surface area contributed by atoms with Gasteiger partial charge in [0, 0.05) is 12.2 Å². The third-order valence-electron chi connectivity index (χ3n) is 3.99. The summed E-state index contributed by atoms with van der Waals surface area (Å²) in [4.78, 5) is 28.4. The van der Waals surface area contributed by atoms with Crippen LogP contribution in [0.4, 0.5) is 0 Å². The van der Waals surface area contributed by atoms with Gasteiger partial charge in [-0.25, -0.2) is 9.78 Å². The highest BCUT2D eigenvalue weighted by Crippen LogP contribution is 2.15. The van der Waals surface area contributed by atoms with Gasteiger partial charge in [0.05, 0.1) is 6.04 Å². The summed E-state index contributed by atoms with van der Waals surface area (Å²) in [6, 6.07) is 16.7. The number of nitrogens with zero attached hydrogens (tertiary/aromatic N) is 1. The molecule has 2 aromatic carbocycles. The van der Waals surface area contributed by atoms with Crippen molar-refractivity contribution >= 4 is 29.1 Å². The van der Waals surface area contributed by atoms with Crippen molar-refractivity contribution in [2.45, 2.75) is 26.0 Å². The van der Waals surface area contributed by atoms with Crippen LogP contribution in [0.1, 0.15) is 31.3 Å². The first-order valence-corrected chi connectivity index (χ1v) is 8.62. The maximum atomic E-state index is 12.2. The Morgan fingerprint density at radius 1 is 1.07 bits per heavy atom. The molecule has 1 amide bonds. The molecule has 0 bridgehead atoms. The van der Waals surface area contributed by atoms with Crippen molar-refractivity contribution in [1.82, 2.24) is 10.3 Å². The molecule has 2 unspecified atom stereocenters. The van der Waals surface area contributed by atoms with E-state index < -0.39 is 12.1 Å². The van der Waals surface area contributed by atoms with Gasteiger partial charge in [0.25, 0.3) is 5.91 Å². The number of hydrogen-bond donors (Lipinski definition) is 1. The minimum Gasteiger partial charge on any atom is -0.449 e. The topological polar surface area (TPSA) is 81.4 Å². The molecule has 0 radical (unpaired) electrons. The predicted molar refractivity (Wildman–Crippen MR) is 102 cm³/mol. The van der Waals surface area contributed by atoms with Crippen LogP contribution in [0.5, 0.6) is 0 Å². The van der Waals surface area contributed by atoms with E-state index >= 15 is 0 Å². The number of benzene rings is 2. The summed E-state index contributed by atoms with van der Waals surface area (Å²) in [6.07, 6.45) is 1.69. The summed E-state index contributed by atoms with van der Waals surface area (Å²) in [7, 11) is 0. The quantitative estimate of drug-likeness (QED) is 0.533. The van der Waals surface area contributed by atoms with Gasteiger partial charge in [-0.2, -0.15) is 0 Å². The van der Waals surface area contributed by atoms with E-state index in [4.69, 9.17) is 9.15 Å². The molecule has 6 nitrogen and oxygen atoms in total. The normalized spacial score (nSPS) is 13.4. The van der Waals surface area contributed by atoms with E-state index in [1.807, 2.05) is 55.5 Å². The van der Waals surface area contributed by atoms with Crippen LogP contribution in [-0.4, -0.2) is 23.0 Å². The van der Waals surface area contributed by atoms with Gasteiger partial charge in [-0.3, -0.25) is 4.79 Å². The average Bonchev–Trinajstić information content (AvgIpc) is 3.10. The average molecular weight is 364 g/mol. The monoisotopic (exact) mass is 364 g/mol. The van der Waals surface area contributed by atoms with Gasteiger partial charge in [-0.1, -0.05) is 42.5 Å². The molecule has 0 aliphatic carbocycles. The summed E-state index contributed by atoms with van der Waals surface area (Å²) in [5.41, 5.74) is 2.31. The number of para-hydroxylation sites is 2. The molecule has 3 rings (SSSR count). The fraction of sp³-hybridized carbons (Fsp3) is 0.190. The maximum absolute atomic E-state index is 12.2. The second kappa shape index (κ2) is 8.31. The highest BCUT2D eigenvalue weighted by Gasteiger charge is 2.19. The van der Waals surface area contributed by atoms with Crippen molar-refractivity contribution in [2.24, 2.45) is 0 Å². The second-order valence-corrected chi connectivity index (χ2v) is 6.07. The van der Waals surface area contributed by atoms with E-state index in [1.54, 1.807) is 6.07 Å². The number of carbonyl (C=O) groups is 2. The van der Waals surface area contributed by atoms with Crippen LogP contribution >= 0.6 is 0 Å². The number of aromatic nitrogens is 1. The summed E-state index contributed by atoms with van der Waals surface area (Å²) < 4.78 is 10.6. The molecule has 0 saturated heterocycles. The van der Waals surface area contributed by atoms with E-state index in [1.165, 1.54) is 19.1 Å². The molecule has 27 heavy (non-hydrogen) atoms. The van der Waals surface area contributed by atoms with Gasteiger partial charge in [-0.15, -0.1) is 0 Å². The van der Waals surface area contributed by atoms with Gasteiger partial charge in [-0.05, 0) is 31.5 Å². The molecular formula is C21H20N2O4. The third kappa shape index (κ3) is 4.82. The van der Waals surface area contributed by atoms with Crippen LogP contribution in [0.15, 0.2) is 65.1 Å². The molecule has 3 aromatic rings. The zero-order valence-electron chi connectivity index (χ0n) is 15.1. The van der Waals surface area contributed by atoms with Gasteiger partial charge in [0.2, 0.25) is 5.89 Å². The Bertz CT molecular complexity index is 929. The lowest BCUT2D eigenvalue weighted by Gasteiger charge is -2.17. The van der Waals surface area contributed by atoms with E-state index in [0.717, 1.165) is 5.56 Å². The molecule has 6 heteroatoms.